The van der Waals surface area contributed by atoms with Gasteiger partial charge in [-0.25, -0.2) is 0 Å². The van der Waals surface area contributed by atoms with E-state index in [9.17, 15) is 8.78 Å². The van der Waals surface area contributed by atoms with Gasteiger partial charge >= 0.3 is 0 Å². The first kappa shape index (κ1) is 13.0. The Morgan fingerprint density at radius 3 is 2.18 bits per heavy atom. The molecule has 2 aliphatic rings. The van der Waals surface area contributed by atoms with Crippen LogP contribution >= 0.6 is 0 Å². The SMILES string of the molecule is CC1COC(C2CCC(C=C(F)F)CC2)OC1. The highest BCUT2D eigenvalue weighted by molar-refractivity contribution is 4.91. The van der Waals surface area contributed by atoms with Crippen LogP contribution in [0.2, 0.25) is 0 Å². The van der Waals surface area contributed by atoms with Crippen LogP contribution in [-0.2, 0) is 9.47 Å². The van der Waals surface area contributed by atoms with Gasteiger partial charge in [0.2, 0.25) is 0 Å². The van der Waals surface area contributed by atoms with E-state index < -0.39 is 6.08 Å². The number of ether oxygens (including phenoxy) is 2. The van der Waals surface area contributed by atoms with Crippen molar-refractivity contribution in [3.05, 3.63) is 12.2 Å². The zero-order valence-corrected chi connectivity index (χ0v) is 10.2. The Morgan fingerprint density at radius 1 is 1.06 bits per heavy atom. The maximum atomic E-state index is 12.1. The summed E-state index contributed by atoms with van der Waals surface area (Å²) in [6, 6.07) is 0. The Labute approximate surface area is 101 Å². The molecule has 0 radical (unpaired) electrons. The monoisotopic (exact) mass is 246 g/mol. The summed E-state index contributed by atoms with van der Waals surface area (Å²) in [6.45, 7) is 3.61. The summed E-state index contributed by atoms with van der Waals surface area (Å²) >= 11 is 0. The molecule has 2 nitrogen and oxygen atoms in total. The summed E-state index contributed by atoms with van der Waals surface area (Å²) in [7, 11) is 0. The van der Waals surface area contributed by atoms with Gasteiger partial charge < -0.3 is 9.47 Å². The van der Waals surface area contributed by atoms with E-state index in [0.717, 1.165) is 45.0 Å². The van der Waals surface area contributed by atoms with Crippen LogP contribution in [0.25, 0.3) is 0 Å². The summed E-state index contributed by atoms with van der Waals surface area (Å²) in [5, 5.41) is 0. The Kier molecular flexibility index (Phi) is 4.51. The van der Waals surface area contributed by atoms with Crippen LogP contribution < -0.4 is 0 Å². The summed E-state index contributed by atoms with van der Waals surface area (Å²) in [5.74, 6) is 0.889. The first-order valence-electron chi connectivity index (χ1n) is 6.41. The van der Waals surface area contributed by atoms with Crippen molar-refractivity contribution in [3.63, 3.8) is 0 Å². The van der Waals surface area contributed by atoms with Gasteiger partial charge in [0.15, 0.2) is 6.29 Å². The molecule has 1 heterocycles. The molecule has 0 unspecified atom stereocenters. The van der Waals surface area contributed by atoms with Crippen molar-refractivity contribution in [2.75, 3.05) is 13.2 Å². The Balaban J connectivity index is 1.77. The van der Waals surface area contributed by atoms with Crippen LogP contribution in [0.15, 0.2) is 12.2 Å². The van der Waals surface area contributed by atoms with Crippen LogP contribution in [0, 0.1) is 17.8 Å². The van der Waals surface area contributed by atoms with Crippen molar-refractivity contribution < 1.29 is 18.3 Å². The van der Waals surface area contributed by atoms with E-state index in [1.54, 1.807) is 0 Å². The second kappa shape index (κ2) is 5.91. The highest BCUT2D eigenvalue weighted by Gasteiger charge is 2.31. The fraction of sp³-hybridized carbons (Fsp3) is 0.846. The first-order valence-corrected chi connectivity index (χ1v) is 6.41. The van der Waals surface area contributed by atoms with Gasteiger partial charge in [-0.2, -0.15) is 8.78 Å². The van der Waals surface area contributed by atoms with E-state index in [1.807, 2.05) is 0 Å². The molecule has 2 rings (SSSR count). The Morgan fingerprint density at radius 2 is 1.65 bits per heavy atom. The maximum absolute atomic E-state index is 12.1. The second-order valence-corrected chi connectivity index (χ2v) is 5.27. The van der Waals surface area contributed by atoms with Gasteiger partial charge in [0, 0.05) is 11.8 Å². The van der Waals surface area contributed by atoms with Gasteiger partial charge in [-0.3, -0.25) is 0 Å². The lowest BCUT2D eigenvalue weighted by Crippen LogP contribution is -2.37. The summed E-state index contributed by atoms with van der Waals surface area (Å²) in [6.07, 6.45) is 2.93. The number of rotatable bonds is 2. The molecule has 1 saturated heterocycles. The standard InChI is InChI=1S/C13H20F2O2/c1-9-7-16-13(17-8-9)11-4-2-10(3-5-11)6-12(14)15/h6,9-11,13H,2-5,7-8H2,1H3. The van der Waals surface area contributed by atoms with Gasteiger partial charge in [-0.05, 0) is 37.7 Å². The van der Waals surface area contributed by atoms with E-state index in [0.29, 0.717) is 11.8 Å². The number of hydrogen-bond acceptors (Lipinski definition) is 2. The van der Waals surface area contributed by atoms with Crippen molar-refractivity contribution >= 4 is 0 Å². The van der Waals surface area contributed by atoms with Crippen LogP contribution in [0.4, 0.5) is 8.78 Å². The van der Waals surface area contributed by atoms with Crippen molar-refractivity contribution in [1.82, 2.24) is 0 Å². The van der Waals surface area contributed by atoms with Crippen molar-refractivity contribution in [3.8, 4) is 0 Å². The zero-order chi connectivity index (χ0) is 12.3. The van der Waals surface area contributed by atoms with Gasteiger partial charge in [0.25, 0.3) is 6.08 Å². The fourth-order valence-electron chi connectivity index (χ4n) is 2.65. The smallest absolute Gasteiger partial charge is 0.266 e. The topological polar surface area (TPSA) is 18.5 Å². The quantitative estimate of drug-likeness (QED) is 0.741. The summed E-state index contributed by atoms with van der Waals surface area (Å²) in [4.78, 5) is 0. The Hall–Kier alpha value is -0.480. The lowest BCUT2D eigenvalue weighted by atomic mass is 9.81. The van der Waals surface area contributed by atoms with E-state index in [1.165, 1.54) is 0 Å². The third kappa shape index (κ3) is 3.75. The molecule has 4 heteroatoms. The molecule has 0 aromatic carbocycles. The third-order valence-electron chi connectivity index (χ3n) is 3.65. The van der Waals surface area contributed by atoms with E-state index in [2.05, 4.69) is 6.92 Å². The number of allylic oxidation sites excluding steroid dienone is 1. The predicted octanol–water partition coefficient (Wildman–Crippen LogP) is 3.58. The normalized spacial score (nSPS) is 38.8. The minimum Gasteiger partial charge on any atom is -0.352 e. The van der Waals surface area contributed by atoms with Gasteiger partial charge in [0.1, 0.15) is 0 Å². The van der Waals surface area contributed by atoms with Crippen molar-refractivity contribution in [1.29, 1.82) is 0 Å². The minimum atomic E-state index is -1.55. The molecule has 1 saturated carbocycles. The molecule has 1 aliphatic carbocycles. The minimum absolute atomic E-state index is 0.0405. The lowest BCUT2D eigenvalue weighted by Gasteiger charge is -2.36. The van der Waals surface area contributed by atoms with Crippen molar-refractivity contribution in [2.24, 2.45) is 17.8 Å². The lowest BCUT2D eigenvalue weighted by molar-refractivity contribution is -0.226. The molecular formula is C13H20F2O2. The van der Waals surface area contributed by atoms with Crippen LogP contribution in [0.5, 0.6) is 0 Å². The van der Waals surface area contributed by atoms with Gasteiger partial charge in [-0.1, -0.05) is 6.92 Å². The van der Waals surface area contributed by atoms with E-state index >= 15 is 0 Å². The molecule has 17 heavy (non-hydrogen) atoms. The highest BCUT2D eigenvalue weighted by atomic mass is 19.3. The average molecular weight is 246 g/mol. The van der Waals surface area contributed by atoms with Crippen LogP contribution in [0.1, 0.15) is 32.6 Å². The average Bonchev–Trinajstić information content (AvgIpc) is 2.30. The molecule has 0 bridgehead atoms. The molecule has 0 amide bonds. The third-order valence-corrected chi connectivity index (χ3v) is 3.65. The Bertz CT molecular complexity index is 261. The highest BCUT2D eigenvalue weighted by Crippen LogP contribution is 2.34. The summed E-state index contributed by atoms with van der Waals surface area (Å²) < 4.78 is 35.6. The molecule has 0 spiro atoms. The van der Waals surface area contributed by atoms with E-state index in [4.69, 9.17) is 9.47 Å². The fourth-order valence-corrected chi connectivity index (χ4v) is 2.65. The van der Waals surface area contributed by atoms with Crippen LogP contribution in [0.3, 0.4) is 0 Å². The molecular weight excluding hydrogens is 226 g/mol. The van der Waals surface area contributed by atoms with Gasteiger partial charge in [-0.15, -0.1) is 0 Å². The zero-order valence-electron chi connectivity index (χ0n) is 10.2. The predicted molar refractivity (Wildman–Crippen MR) is 60.6 cm³/mol. The van der Waals surface area contributed by atoms with Crippen LogP contribution in [-0.4, -0.2) is 19.5 Å². The largest absolute Gasteiger partial charge is 0.352 e. The maximum Gasteiger partial charge on any atom is 0.266 e. The summed E-state index contributed by atoms with van der Waals surface area (Å²) in [5.41, 5.74) is 0. The first-order chi connectivity index (χ1) is 8.15. The van der Waals surface area contributed by atoms with Crippen molar-refractivity contribution in [2.45, 2.75) is 38.9 Å². The molecule has 0 atom stereocenters. The molecule has 98 valence electrons. The second-order valence-electron chi connectivity index (χ2n) is 5.27. The molecule has 1 aliphatic heterocycles. The van der Waals surface area contributed by atoms with E-state index in [-0.39, 0.29) is 12.2 Å². The molecule has 0 aromatic heterocycles. The molecule has 0 aromatic rings. The molecule has 0 N–H and O–H groups in total. The molecule has 2 fully saturated rings. The number of hydrogen-bond donors (Lipinski definition) is 0. The van der Waals surface area contributed by atoms with Gasteiger partial charge in [0.05, 0.1) is 13.2 Å². The number of halogens is 2.